The summed E-state index contributed by atoms with van der Waals surface area (Å²) in [5.74, 6) is 1.42. The van der Waals surface area contributed by atoms with Crippen LogP contribution in [0.4, 0.5) is 0 Å². The van der Waals surface area contributed by atoms with Gasteiger partial charge in [0.05, 0.1) is 0 Å². The standard InChI is InChI=1S/C13H11O2.C5H5.Fe/c1-15-12-9-5-4-8-11(12)13(14)10-6-2-3-7-10;1-2-4-5-3-1;/h2-9H,1H3;1-5H;. The number of para-hydroxylation sites is 1. The van der Waals surface area contributed by atoms with E-state index < -0.39 is 6.51 Å². The molecule has 1 aromatic carbocycles. The average molecular weight is 320 g/mol. The van der Waals surface area contributed by atoms with Crippen molar-refractivity contribution in [2.75, 3.05) is 7.11 Å². The minimum atomic E-state index is -3.29. The van der Waals surface area contributed by atoms with Gasteiger partial charge in [-0.25, -0.2) is 0 Å². The number of benzene rings is 1. The fraction of sp³-hybridized carbons (Fsp3) is 0.611. The van der Waals surface area contributed by atoms with Gasteiger partial charge in [-0.1, -0.05) is 0 Å². The zero-order valence-electron chi connectivity index (χ0n) is 11.7. The van der Waals surface area contributed by atoms with E-state index in [2.05, 4.69) is 0 Å². The van der Waals surface area contributed by atoms with Crippen molar-refractivity contribution in [2.24, 2.45) is 0 Å². The molecule has 10 fully saturated rings. The molecule has 1 spiro atoms. The van der Waals surface area contributed by atoms with E-state index in [0.717, 1.165) is 20.9 Å². The van der Waals surface area contributed by atoms with Crippen LogP contribution in [-0.2, 0) is 6.51 Å². The molecular formula is C18H16FeO2. The van der Waals surface area contributed by atoms with Crippen molar-refractivity contribution in [3.05, 3.63) is 29.8 Å². The second-order valence-corrected chi connectivity index (χ2v) is 35.3. The Balaban J connectivity index is 1.36. The summed E-state index contributed by atoms with van der Waals surface area (Å²) in [7, 11) is 1.71. The molecule has 0 bridgehead atoms. The molecule has 10 saturated heterocycles. The van der Waals surface area contributed by atoms with Crippen LogP contribution >= 0.6 is 0 Å². The van der Waals surface area contributed by atoms with E-state index in [-0.39, 0.29) is 0 Å². The van der Waals surface area contributed by atoms with Crippen LogP contribution in [0.15, 0.2) is 24.3 Å². The number of carbonyl (C=O) groups is 1. The summed E-state index contributed by atoms with van der Waals surface area (Å²) in [6.07, 6.45) is 0. The van der Waals surface area contributed by atoms with Crippen LogP contribution in [0, 0.1) is 0 Å². The first-order chi connectivity index (χ1) is 10.0. The SMILES string of the molecule is COc1ccccc1C(=O)[C]12[CH]3[CH]4[CH]5[CH]1[Fe]45321678[CH]2[CH]1[CH]6[CH]7[CH]28. The van der Waals surface area contributed by atoms with Crippen molar-refractivity contribution in [1.82, 2.24) is 0 Å². The van der Waals surface area contributed by atoms with E-state index in [1.165, 1.54) is 33.7 Å². The number of ketones is 1. The molecule has 4 unspecified atom stereocenters. The van der Waals surface area contributed by atoms with Crippen molar-refractivity contribution in [1.29, 1.82) is 0 Å². The quantitative estimate of drug-likeness (QED) is 0.599. The Kier molecular flexibility index (Phi) is 0.298. The van der Waals surface area contributed by atoms with Crippen molar-refractivity contribution in [2.45, 2.75) is 47.7 Å². The Bertz CT molecular complexity index is 1200. The van der Waals surface area contributed by atoms with Crippen molar-refractivity contribution in [3.8, 4) is 5.75 Å². The van der Waals surface area contributed by atoms with Gasteiger partial charge in [0, 0.05) is 0 Å². The Labute approximate surface area is 112 Å². The van der Waals surface area contributed by atoms with Crippen LogP contribution in [0.2, 0.25) is 47.7 Å². The number of hydrogen-bond donors (Lipinski definition) is 0. The summed E-state index contributed by atoms with van der Waals surface area (Å²) in [5.41, 5.74) is 0.938. The molecule has 0 aromatic heterocycles. The second kappa shape index (κ2) is 0.766. The number of methoxy groups -OCH3 is 1. The zero-order chi connectivity index (χ0) is 13.3. The average Bonchev–Trinajstić information content (AvgIpc) is 3.47. The van der Waals surface area contributed by atoms with Gasteiger partial charge in [0.1, 0.15) is 0 Å². The molecule has 21 heavy (non-hydrogen) atoms. The Hall–Kier alpha value is -0.791. The summed E-state index contributed by atoms with van der Waals surface area (Å²) in [4.78, 5) is 24.4. The summed E-state index contributed by atoms with van der Waals surface area (Å²) in [6.45, 7) is -3.29. The van der Waals surface area contributed by atoms with E-state index in [1.807, 2.05) is 24.3 Å². The number of carbonyl (C=O) groups excluding carboxylic acids is 1. The molecule has 0 amide bonds. The van der Waals surface area contributed by atoms with Gasteiger partial charge < -0.3 is 0 Å². The van der Waals surface area contributed by atoms with Crippen molar-refractivity contribution in [3.63, 3.8) is 0 Å². The van der Waals surface area contributed by atoms with Crippen LogP contribution in [0.1, 0.15) is 10.4 Å². The molecule has 10 aliphatic heterocycles. The maximum atomic E-state index is 13.7. The molecule has 11 rings (SSSR count). The number of rotatable bonds is 3. The Morgan fingerprint density at radius 2 is 1.57 bits per heavy atom. The second-order valence-electron chi connectivity index (χ2n) is 11.7. The number of fused-ring (bicyclic) bond motifs is 10. The molecule has 0 saturated carbocycles. The number of hydrogen-bond acceptors (Lipinski definition) is 2. The van der Waals surface area contributed by atoms with Gasteiger partial charge in [-0.05, 0) is 0 Å². The molecule has 2 nitrogen and oxygen atoms in total. The number of Topliss-reactive ketones (excluding diaryl/α,β-unsaturated/α-hetero) is 1. The monoisotopic (exact) mass is 320 g/mol. The minimum absolute atomic E-state index is 0.327. The summed E-state index contributed by atoms with van der Waals surface area (Å²) >= 11 is 0. The molecule has 0 N–H and O–H groups in total. The third-order valence-corrected chi connectivity index (χ3v) is 58.7. The predicted octanol–water partition coefficient (Wildman–Crippen LogP) is 4.64. The molecule has 0 aliphatic carbocycles. The van der Waals surface area contributed by atoms with Gasteiger partial charge in [-0.15, -0.1) is 0 Å². The first kappa shape index (κ1) is 8.17. The molecule has 108 valence electrons. The molecule has 3 heteroatoms. The van der Waals surface area contributed by atoms with E-state index in [9.17, 15) is 4.79 Å². The van der Waals surface area contributed by atoms with E-state index >= 15 is 0 Å². The van der Waals surface area contributed by atoms with Gasteiger partial charge in [0.25, 0.3) is 0 Å². The maximum absolute atomic E-state index is 13.7. The third kappa shape index (κ3) is 0.103. The fourth-order valence-electron chi connectivity index (χ4n) is 17.8. The first-order valence-corrected chi connectivity index (χ1v) is 14.7. The van der Waals surface area contributed by atoms with E-state index in [0.29, 0.717) is 10.1 Å². The van der Waals surface area contributed by atoms with Crippen molar-refractivity contribution < 1.29 is 16.0 Å². The van der Waals surface area contributed by atoms with Crippen LogP contribution in [0.5, 0.6) is 5.75 Å². The normalized spacial score (nSPS) is 98.2. The molecule has 10 aliphatic rings. The molecule has 10 heterocycles. The van der Waals surface area contributed by atoms with Crippen LogP contribution in [0.3, 0.4) is 0 Å². The van der Waals surface area contributed by atoms with Crippen LogP contribution < -0.4 is 4.74 Å². The molecular weight excluding hydrogens is 304 g/mol. The van der Waals surface area contributed by atoms with E-state index in [1.54, 1.807) is 7.11 Å². The number of ether oxygens (including phenoxy) is 1. The van der Waals surface area contributed by atoms with Crippen LogP contribution in [0.25, 0.3) is 0 Å². The van der Waals surface area contributed by atoms with Gasteiger partial charge in [-0.2, -0.15) is 0 Å². The molecule has 4 atom stereocenters. The van der Waals surface area contributed by atoms with Gasteiger partial charge >= 0.3 is 112 Å². The third-order valence-electron chi connectivity index (χ3n) is 16.4. The molecule has 1 aromatic rings. The van der Waals surface area contributed by atoms with Crippen LogP contribution in [-0.4, -0.2) is 12.9 Å². The zero-order valence-corrected chi connectivity index (χ0v) is 12.8. The summed E-state index contributed by atoms with van der Waals surface area (Å²) in [5, 5.41) is 0. The summed E-state index contributed by atoms with van der Waals surface area (Å²) in [6, 6.07) is 8.06. The fourth-order valence-corrected chi connectivity index (χ4v) is 91.6. The first-order valence-electron chi connectivity index (χ1n) is 8.40. The van der Waals surface area contributed by atoms with E-state index in [4.69, 9.17) is 4.74 Å². The van der Waals surface area contributed by atoms with Gasteiger partial charge in [0.15, 0.2) is 0 Å². The van der Waals surface area contributed by atoms with Gasteiger partial charge in [0.2, 0.25) is 0 Å². The Morgan fingerprint density at radius 1 is 1.00 bits per heavy atom. The topological polar surface area (TPSA) is 26.3 Å². The van der Waals surface area contributed by atoms with Gasteiger partial charge in [-0.3, -0.25) is 0 Å². The molecule has 0 radical (unpaired) electrons. The summed E-state index contributed by atoms with van der Waals surface area (Å²) < 4.78 is 5.86. The Morgan fingerprint density at radius 3 is 2.00 bits per heavy atom. The predicted molar refractivity (Wildman–Crippen MR) is 73.8 cm³/mol. The van der Waals surface area contributed by atoms with Crippen molar-refractivity contribution >= 4 is 5.78 Å².